The summed E-state index contributed by atoms with van der Waals surface area (Å²) < 4.78 is 7.41. The predicted molar refractivity (Wildman–Crippen MR) is 69.0 cm³/mol. The molecule has 1 atom stereocenters. The van der Waals surface area contributed by atoms with Crippen LogP contribution in [0.4, 0.5) is 0 Å². The molecule has 2 aromatic rings. The fourth-order valence-corrected chi connectivity index (χ4v) is 2.02. The van der Waals surface area contributed by atoms with E-state index < -0.39 is 6.23 Å². The van der Waals surface area contributed by atoms with Crippen LogP contribution in [0.3, 0.4) is 0 Å². The Kier molecular flexibility index (Phi) is 2.68. The molecular formula is C14H10ClNO2. The van der Waals surface area contributed by atoms with Crippen LogP contribution in [-0.4, -0.2) is 10.4 Å². The average Bonchev–Trinajstić information content (AvgIpc) is 2.99. The molecule has 1 unspecified atom stereocenters. The van der Waals surface area contributed by atoms with Gasteiger partial charge in [0.25, 0.3) is 0 Å². The molecule has 0 saturated heterocycles. The largest absolute Gasteiger partial charge is 0.462 e. The summed E-state index contributed by atoms with van der Waals surface area (Å²) in [6.07, 6.45) is 4.54. The van der Waals surface area contributed by atoms with Crippen molar-refractivity contribution < 1.29 is 9.53 Å². The van der Waals surface area contributed by atoms with Gasteiger partial charge in [0.1, 0.15) is 5.76 Å². The molecule has 0 saturated carbocycles. The van der Waals surface area contributed by atoms with Crippen molar-refractivity contribution in [1.29, 1.82) is 0 Å². The first-order valence-electron chi connectivity index (χ1n) is 5.54. The minimum Gasteiger partial charge on any atom is -0.462 e. The number of hydrogen-bond acceptors (Lipinski definition) is 2. The maximum Gasteiger partial charge on any atom is 0.239 e. The number of benzene rings is 1. The monoisotopic (exact) mass is 259 g/mol. The molecule has 0 fully saturated rings. The van der Waals surface area contributed by atoms with E-state index in [1.165, 1.54) is 6.08 Å². The fraction of sp³-hybridized carbons (Fsp3) is 0.0714. The molecule has 0 aliphatic carbocycles. The van der Waals surface area contributed by atoms with Gasteiger partial charge in [0.15, 0.2) is 0 Å². The molecule has 3 rings (SSSR count). The van der Waals surface area contributed by atoms with Gasteiger partial charge >= 0.3 is 0 Å². The molecule has 3 nitrogen and oxygen atoms in total. The van der Waals surface area contributed by atoms with Gasteiger partial charge in [0.2, 0.25) is 12.0 Å². The SMILES string of the molecule is O=C1C=C(c2ccc(Cl)cc2)OC1n1cccc1. The van der Waals surface area contributed by atoms with Crippen LogP contribution in [0.2, 0.25) is 5.02 Å². The third-order valence-corrected chi connectivity index (χ3v) is 3.03. The lowest BCUT2D eigenvalue weighted by molar-refractivity contribution is -0.123. The van der Waals surface area contributed by atoms with Crippen molar-refractivity contribution in [3.63, 3.8) is 0 Å². The number of hydrogen-bond donors (Lipinski definition) is 0. The van der Waals surface area contributed by atoms with Crippen molar-refractivity contribution >= 4 is 23.1 Å². The molecule has 0 spiro atoms. The summed E-state index contributed by atoms with van der Waals surface area (Å²) in [4.78, 5) is 11.9. The van der Waals surface area contributed by atoms with E-state index in [2.05, 4.69) is 0 Å². The molecule has 0 bridgehead atoms. The van der Waals surface area contributed by atoms with Gasteiger partial charge in [0, 0.05) is 29.1 Å². The highest BCUT2D eigenvalue weighted by atomic mass is 35.5. The lowest BCUT2D eigenvalue weighted by atomic mass is 10.2. The first kappa shape index (κ1) is 11.1. The van der Waals surface area contributed by atoms with Gasteiger partial charge in [-0.05, 0) is 36.4 Å². The zero-order valence-corrected chi connectivity index (χ0v) is 10.2. The molecule has 1 aliphatic heterocycles. The second kappa shape index (κ2) is 4.35. The van der Waals surface area contributed by atoms with Crippen molar-refractivity contribution in [3.8, 4) is 0 Å². The lowest BCUT2D eigenvalue weighted by Gasteiger charge is -2.13. The Balaban J connectivity index is 1.87. The van der Waals surface area contributed by atoms with Crippen molar-refractivity contribution in [2.24, 2.45) is 0 Å². The van der Waals surface area contributed by atoms with Crippen LogP contribution in [-0.2, 0) is 9.53 Å². The molecule has 1 aromatic heterocycles. The third kappa shape index (κ3) is 1.93. The number of aromatic nitrogens is 1. The van der Waals surface area contributed by atoms with Crippen LogP contribution >= 0.6 is 11.6 Å². The minimum absolute atomic E-state index is 0.0591. The molecule has 1 aromatic carbocycles. The van der Waals surface area contributed by atoms with Gasteiger partial charge in [-0.1, -0.05) is 11.6 Å². The molecule has 0 radical (unpaired) electrons. The molecule has 18 heavy (non-hydrogen) atoms. The van der Waals surface area contributed by atoms with Crippen molar-refractivity contribution in [3.05, 3.63) is 65.5 Å². The van der Waals surface area contributed by atoms with Gasteiger partial charge in [-0.15, -0.1) is 0 Å². The third-order valence-electron chi connectivity index (χ3n) is 2.78. The van der Waals surface area contributed by atoms with Gasteiger partial charge in [-0.25, -0.2) is 0 Å². The van der Waals surface area contributed by atoms with Crippen molar-refractivity contribution in [1.82, 2.24) is 4.57 Å². The molecule has 4 heteroatoms. The van der Waals surface area contributed by atoms with Crippen LogP contribution in [0.5, 0.6) is 0 Å². The standard InChI is InChI=1S/C14H10ClNO2/c15-11-5-3-10(4-6-11)13-9-12(17)14(18-13)16-7-1-2-8-16/h1-9,14H. The Morgan fingerprint density at radius 3 is 2.44 bits per heavy atom. The first-order valence-corrected chi connectivity index (χ1v) is 5.92. The summed E-state index contributed by atoms with van der Waals surface area (Å²) in [5, 5.41) is 0.658. The highest BCUT2D eigenvalue weighted by Gasteiger charge is 2.28. The van der Waals surface area contributed by atoms with Crippen LogP contribution in [0.15, 0.2) is 54.9 Å². The second-order valence-corrected chi connectivity index (χ2v) is 4.45. The topological polar surface area (TPSA) is 31.2 Å². The zero-order chi connectivity index (χ0) is 12.5. The number of ether oxygens (including phenoxy) is 1. The first-order chi connectivity index (χ1) is 8.74. The van der Waals surface area contributed by atoms with Crippen molar-refractivity contribution in [2.75, 3.05) is 0 Å². The number of ketones is 1. The van der Waals surface area contributed by atoms with Gasteiger partial charge in [-0.3, -0.25) is 4.79 Å². The lowest BCUT2D eigenvalue weighted by Crippen LogP contribution is -2.13. The number of nitrogens with zero attached hydrogens (tertiary/aromatic N) is 1. The van der Waals surface area contributed by atoms with E-state index >= 15 is 0 Å². The Morgan fingerprint density at radius 2 is 1.78 bits per heavy atom. The summed E-state index contributed by atoms with van der Waals surface area (Å²) >= 11 is 5.83. The van der Waals surface area contributed by atoms with Crippen LogP contribution < -0.4 is 0 Å². The van der Waals surface area contributed by atoms with E-state index in [0.717, 1.165) is 5.56 Å². The number of halogens is 1. The maximum absolute atomic E-state index is 11.9. The molecule has 2 heterocycles. The van der Waals surface area contributed by atoms with Gasteiger partial charge in [-0.2, -0.15) is 0 Å². The molecule has 0 N–H and O–H groups in total. The Hall–Kier alpha value is -2.00. The number of carbonyl (C=O) groups excluding carboxylic acids is 1. The Morgan fingerprint density at radius 1 is 1.11 bits per heavy atom. The zero-order valence-electron chi connectivity index (χ0n) is 9.42. The van der Waals surface area contributed by atoms with E-state index in [4.69, 9.17) is 16.3 Å². The average molecular weight is 260 g/mol. The second-order valence-electron chi connectivity index (χ2n) is 4.02. The quantitative estimate of drug-likeness (QED) is 0.829. The van der Waals surface area contributed by atoms with E-state index in [1.54, 1.807) is 29.1 Å². The molecule has 1 aliphatic rings. The highest BCUT2D eigenvalue weighted by molar-refractivity contribution is 6.30. The minimum atomic E-state index is -0.592. The summed E-state index contributed by atoms with van der Waals surface area (Å²) in [6, 6.07) is 10.9. The van der Waals surface area contributed by atoms with Crippen molar-refractivity contribution in [2.45, 2.75) is 6.23 Å². The van der Waals surface area contributed by atoms with Crippen LogP contribution in [0, 0.1) is 0 Å². The Bertz CT molecular complexity index is 599. The smallest absolute Gasteiger partial charge is 0.239 e. The molecule has 0 amide bonds. The highest BCUT2D eigenvalue weighted by Crippen LogP contribution is 2.30. The van der Waals surface area contributed by atoms with E-state index in [-0.39, 0.29) is 5.78 Å². The van der Waals surface area contributed by atoms with Gasteiger partial charge < -0.3 is 9.30 Å². The van der Waals surface area contributed by atoms with E-state index in [0.29, 0.717) is 10.8 Å². The molecular weight excluding hydrogens is 250 g/mol. The normalized spacial score (nSPS) is 18.6. The number of carbonyl (C=O) groups is 1. The number of rotatable bonds is 2. The summed E-state index contributed by atoms with van der Waals surface area (Å²) in [7, 11) is 0. The van der Waals surface area contributed by atoms with Gasteiger partial charge in [0.05, 0.1) is 0 Å². The summed E-state index contributed by atoms with van der Waals surface area (Å²) in [5.41, 5.74) is 0.849. The van der Waals surface area contributed by atoms with E-state index in [9.17, 15) is 4.79 Å². The van der Waals surface area contributed by atoms with Crippen LogP contribution in [0.25, 0.3) is 5.76 Å². The predicted octanol–water partition coefficient (Wildman–Crippen LogP) is 3.28. The van der Waals surface area contributed by atoms with E-state index in [1.807, 2.05) is 24.3 Å². The molecule has 90 valence electrons. The van der Waals surface area contributed by atoms with Crippen LogP contribution in [0.1, 0.15) is 11.8 Å². The summed E-state index contributed by atoms with van der Waals surface area (Å²) in [5.74, 6) is 0.520. The Labute approximate surface area is 109 Å². The maximum atomic E-state index is 11.9. The summed E-state index contributed by atoms with van der Waals surface area (Å²) in [6.45, 7) is 0. The fourth-order valence-electron chi connectivity index (χ4n) is 1.89.